The molecule has 2 aromatic rings. The van der Waals surface area contributed by atoms with Crippen LogP contribution in [0.4, 0.5) is 5.69 Å². The van der Waals surface area contributed by atoms with Crippen LogP contribution in [0.2, 0.25) is 0 Å². The van der Waals surface area contributed by atoms with E-state index < -0.39 is 0 Å². The Labute approximate surface area is 119 Å². The van der Waals surface area contributed by atoms with E-state index in [1.165, 1.54) is 11.3 Å². The largest absolute Gasteiger partial charge is 0.423 e. The second-order valence-corrected chi connectivity index (χ2v) is 6.63. The van der Waals surface area contributed by atoms with Crippen LogP contribution in [0.25, 0.3) is 11.0 Å². The Morgan fingerprint density at radius 1 is 1.30 bits per heavy atom. The number of nitrogens with zero attached hydrogens (tertiary/aromatic N) is 1. The van der Waals surface area contributed by atoms with Crippen molar-refractivity contribution in [2.75, 3.05) is 11.9 Å². The number of rotatable bonds is 0. The quantitative estimate of drug-likeness (QED) is 0.683. The lowest BCUT2D eigenvalue weighted by atomic mass is 9.80. The van der Waals surface area contributed by atoms with Crippen molar-refractivity contribution >= 4 is 16.7 Å². The molecule has 1 aliphatic rings. The first-order valence-electron chi connectivity index (χ1n) is 7.12. The summed E-state index contributed by atoms with van der Waals surface area (Å²) >= 11 is 0. The minimum Gasteiger partial charge on any atom is -0.423 e. The van der Waals surface area contributed by atoms with Gasteiger partial charge in [-0.25, -0.2) is 4.79 Å². The van der Waals surface area contributed by atoms with Crippen LogP contribution < -0.4 is 10.5 Å². The lowest BCUT2D eigenvalue weighted by molar-refractivity contribution is 0.395. The Kier molecular flexibility index (Phi) is 2.72. The molecule has 0 bridgehead atoms. The molecule has 1 aromatic carbocycles. The van der Waals surface area contributed by atoms with Gasteiger partial charge in [0.15, 0.2) is 0 Å². The molecule has 3 heteroatoms. The highest BCUT2D eigenvalue weighted by atomic mass is 16.4. The molecular formula is C17H21NO2. The molecule has 1 aliphatic heterocycles. The number of aryl methyl sites for hydroxylation is 1. The maximum Gasteiger partial charge on any atom is 0.336 e. The normalized spacial score (nSPS) is 21.1. The van der Waals surface area contributed by atoms with Gasteiger partial charge in [0, 0.05) is 35.8 Å². The van der Waals surface area contributed by atoms with E-state index in [9.17, 15) is 4.79 Å². The molecule has 2 heterocycles. The number of fused-ring (bicyclic) bond motifs is 2. The van der Waals surface area contributed by atoms with Gasteiger partial charge in [0.25, 0.3) is 0 Å². The van der Waals surface area contributed by atoms with Gasteiger partial charge < -0.3 is 9.32 Å². The average Bonchev–Trinajstić information content (AvgIpc) is 2.34. The van der Waals surface area contributed by atoms with Crippen LogP contribution in [0.1, 0.15) is 44.2 Å². The third-order valence-electron chi connectivity index (χ3n) is 4.70. The summed E-state index contributed by atoms with van der Waals surface area (Å²) in [5.74, 6) is 0.506. The fourth-order valence-electron chi connectivity index (χ4n) is 3.38. The highest BCUT2D eigenvalue weighted by Crippen LogP contribution is 2.44. The summed E-state index contributed by atoms with van der Waals surface area (Å²) in [4.78, 5) is 13.9. The van der Waals surface area contributed by atoms with E-state index >= 15 is 0 Å². The number of hydrogen-bond acceptors (Lipinski definition) is 3. The second kappa shape index (κ2) is 4.11. The molecule has 3 nitrogen and oxygen atoms in total. The van der Waals surface area contributed by atoms with Gasteiger partial charge in [-0.3, -0.25) is 0 Å². The minimum atomic E-state index is -0.277. The summed E-state index contributed by atoms with van der Waals surface area (Å²) in [6.45, 7) is 8.74. The molecule has 0 saturated carbocycles. The fraction of sp³-hybridized carbons (Fsp3) is 0.471. The van der Waals surface area contributed by atoms with Crippen LogP contribution in [0.3, 0.4) is 0 Å². The van der Waals surface area contributed by atoms with Crippen LogP contribution >= 0.6 is 0 Å². The summed E-state index contributed by atoms with van der Waals surface area (Å²) in [7, 11) is 2.12. The Morgan fingerprint density at radius 2 is 2.00 bits per heavy atom. The summed E-state index contributed by atoms with van der Waals surface area (Å²) in [6, 6.07) is 5.78. The summed E-state index contributed by atoms with van der Waals surface area (Å²) < 4.78 is 5.38. The summed E-state index contributed by atoms with van der Waals surface area (Å²) in [6.07, 6.45) is 1.12. The van der Waals surface area contributed by atoms with E-state index in [2.05, 4.69) is 38.8 Å². The van der Waals surface area contributed by atoms with Crippen LogP contribution in [0, 0.1) is 6.92 Å². The van der Waals surface area contributed by atoms with E-state index in [1.54, 1.807) is 6.07 Å². The molecule has 1 atom stereocenters. The lowest BCUT2D eigenvalue weighted by Crippen LogP contribution is -2.45. The molecule has 0 fully saturated rings. The van der Waals surface area contributed by atoms with Gasteiger partial charge in [0.2, 0.25) is 0 Å². The predicted octanol–water partition coefficient (Wildman–Crippen LogP) is 3.82. The van der Waals surface area contributed by atoms with Gasteiger partial charge in [0.05, 0.1) is 0 Å². The first-order valence-corrected chi connectivity index (χ1v) is 7.12. The van der Waals surface area contributed by atoms with Gasteiger partial charge in [0.1, 0.15) is 5.58 Å². The molecule has 0 unspecified atom stereocenters. The van der Waals surface area contributed by atoms with Gasteiger partial charge in [-0.2, -0.15) is 0 Å². The van der Waals surface area contributed by atoms with Crippen LogP contribution in [0.5, 0.6) is 0 Å². The van der Waals surface area contributed by atoms with E-state index in [-0.39, 0.29) is 11.2 Å². The van der Waals surface area contributed by atoms with Crippen LogP contribution in [-0.4, -0.2) is 12.6 Å². The molecule has 1 aromatic heterocycles. The molecule has 0 amide bonds. The van der Waals surface area contributed by atoms with E-state index in [0.717, 1.165) is 17.4 Å². The third kappa shape index (κ3) is 1.84. The van der Waals surface area contributed by atoms with Gasteiger partial charge in [-0.15, -0.1) is 0 Å². The Morgan fingerprint density at radius 3 is 2.70 bits per heavy atom. The highest BCUT2D eigenvalue weighted by Gasteiger charge is 2.34. The van der Waals surface area contributed by atoms with Crippen molar-refractivity contribution < 1.29 is 4.42 Å². The fourth-order valence-corrected chi connectivity index (χ4v) is 3.38. The smallest absolute Gasteiger partial charge is 0.336 e. The Hall–Kier alpha value is -1.77. The first kappa shape index (κ1) is 13.2. The Bertz CT molecular complexity index is 742. The van der Waals surface area contributed by atoms with Crippen molar-refractivity contribution in [1.82, 2.24) is 0 Å². The zero-order chi connectivity index (χ0) is 14.7. The van der Waals surface area contributed by atoms with E-state index in [1.807, 2.05) is 13.0 Å². The monoisotopic (exact) mass is 271 g/mol. The van der Waals surface area contributed by atoms with Crippen LogP contribution in [0.15, 0.2) is 27.4 Å². The number of benzene rings is 1. The molecule has 0 radical (unpaired) electrons. The lowest BCUT2D eigenvalue weighted by Gasteiger charge is -2.45. The maximum atomic E-state index is 11.6. The topological polar surface area (TPSA) is 33.5 Å². The third-order valence-corrected chi connectivity index (χ3v) is 4.70. The number of anilines is 1. The first-order chi connectivity index (χ1) is 9.29. The van der Waals surface area contributed by atoms with Crippen LogP contribution in [-0.2, 0) is 0 Å². The molecule has 0 saturated heterocycles. The van der Waals surface area contributed by atoms with E-state index in [4.69, 9.17) is 4.42 Å². The molecular weight excluding hydrogens is 250 g/mol. The molecule has 20 heavy (non-hydrogen) atoms. The molecule has 0 N–H and O–H groups in total. The Balaban J connectivity index is 2.34. The molecule has 0 aliphatic carbocycles. The van der Waals surface area contributed by atoms with Crippen molar-refractivity contribution in [3.05, 3.63) is 39.7 Å². The maximum absolute atomic E-state index is 11.6. The zero-order valence-electron chi connectivity index (χ0n) is 12.8. The van der Waals surface area contributed by atoms with Gasteiger partial charge >= 0.3 is 5.63 Å². The number of hydrogen-bond donors (Lipinski definition) is 0. The summed E-state index contributed by atoms with van der Waals surface area (Å²) in [5, 5.41) is 1.04. The zero-order valence-corrected chi connectivity index (χ0v) is 12.8. The van der Waals surface area contributed by atoms with Crippen molar-refractivity contribution in [2.45, 2.75) is 45.6 Å². The average molecular weight is 271 g/mol. The van der Waals surface area contributed by atoms with Crippen molar-refractivity contribution in [1.29, 1.82) is 0 Å². The summed E-state index contributed by atoms with van der Waals surface area (Å²) in [5.41, 5.74) is 4.03. The second-order valence-electron chi connectivity index (χ2n) is 6.63. The molecule has 0 spiro atoms. The molecule has 106 valence electrons. The van der Waals surface area contributed by atoms with E-state index in [0.29, 0.717) is 11.5 Å². The van der Waals surface area contributed by atoms with Gasteiger partial charge in [-0.05, 0) is 50.3 Å². The van der Waals surface area contributed by atoms with Gasteiger partial charge in [-0.1, -0.05) is 6.92 Å². The standard InChI is InChI=1S/C17H21NO2/c1-10-6-16(19)20-15-8-14-12(7-13(10)15)11(2)9-17(3,4)18(14)5/h6-8,11H,9H2,1-5H3/t11-/m1/s1. The van der Waals surface area contributed by atoms with Crippen molar-refractivity contribution in [2.24, 2.45) is 0 Å². The van der Waals surface area contributed by atoms with Crippen molar-refractivity contribution in [3.8, 4) is 0 Å². The molecule has 3 rings (SSSR count). The highest BCUT2D eigenvalue weighted by molar-refractivity contribution is 5.86. The SMILES string of the molecule is Cc1cc(=O)oc2cc3c(cc12)[C@H](C)CC(C)(C)N3C. The predicted molar refractivity (Wildman–Crippen MR) is 82.7 cm³/mol. The van der Waals surface area contributed by atoms with Crippen molar-refractivity contribution in [3.63, 3.8) is 0 Å². The minimum absolute atomic E-state index is 0.115.